The van der Waals surface area contributed by atoms with Crippen LogP contribution < -0.4 is 9.47 Å². The van der Waals surface area contributed by atoms with Crippen molar-refractivity contribution in [1.82, 2.24) is 0 Å². The first-order chi connectivity index (χ1) is 15.9. The summed E-state index contributed by atoms with van der Waals surface area (Å²) >= 11 is 0. The van der Waals surface area contributed by atoms with Gasteiger partial charge in [-0.05, 0) is 86.5 Å². The molecule has 6 heteroatoms. The minimum absolute atomic E-state index is 0.200. The number of benzene rings is 2. The summed E-state index contributed by atoms with van der Waals surface area (Å²) in [6.45, 7) is 2.67. The molecule has 0 amide bonds. The fourth-order valence-corrected chi connectivity index (χ4v) is 5.54. The second-order valence-corrected chi connectivity index (χ2v) is 9.79. The molecule has 0 unspecified atom stereocenters. The van der Waals surface area contributed by atoms with Gasteiger partial charge in [-0.15, -0.1) is 0 Å². The van der Waals surface area contributed by atoms with E-state index in [4.69, 9.17) is 9.47 Å². The van der Waals surface area contributed by atoms with E-state index in [1.54, 1.807) is 0 Å². The quantitative estimate of drug-likeness (QED) is 0.404. The molecular weight excluding hydrogens is 432 g/mol. The average molecular weight is 465 g/mol. The Balaban J connectivity index is 1.36. The van der Waals surface area contributed by atoms with Gasteiger partial charge in [0.15, 0.2) is 23.1 Å². The van der Waals surface area contributed by atoms with Gasteiger partial charge in [-0.25, -0.2) is 8.78 Å². The van der Waals surface area contributed by atoms with Crippen LogP contribution in [0.4, 0.5) is 17.6 Å². The maximum atomic E-state index is 14.7. The highest BCUT2D eigenvalue weighted by molar-refractivity contribution is 5.67. The second kappa shape index (κ2) is 10.4. The normalized spacial score (nSPS) is 25.6. The molecule has 0 bridgehead atoms. The van der Waals surface area contributed by atoms with Crippen molar-refractivity contribution in [1.29, 1.82) is 0 Å². The van der Waals surface area contributed by atoms with Gasteiger partial charge < -0.3 is 9.47 Å². The molecule has 2 fully saturated rings. The van der Waals surface area contributed by atoms with Gasteiger partial charge in [0, 0.05) is 11.1 Å². The molecule has 4 rings (SSSR count). The van der Waals surface area contributed by atoms with Crippen molar-refractivity contribution >= 4 is 0 Å². The zero-order valence-electron chi connectivity index (χ0n) is 19.3. The van der Waals surface area contributed by atoms with Crippen LogP contribution in [-0.4, -0.2) is 13.7 Å². The van der Waals surface area contributed by atoms with E-state index in [-0.39, 0.29) is 22.6 Å². The molecule has 2 saturated carbocycles. The Morgan fingerprint density at radius 2 is 1.15 bits per heavy atom. The first-order valence-corrected chi connectivity index (χ1v) is 12.0. The van der Waals surface area contributed by atoms with Crippen LogP contribution in [0, 0.1) is 46.9 Å². The summed E-state index contributed by atoms with van der Waals surface area (Å²) in [5.41, 5.74) is -0.729. The molecule has 2 aliphatic rings. The van der Waals surface area contributed by atoms with E-state index in [0.29, 0.717) is 12.5 Å². The van der Waals surface area contributed by atoms with E-state index >= 15 is 0 Å². The fraction of sp³-hybridized carbons (Fsp3) is 0.556. The monoisotopic (exact) mass is 464 g/mol. The number of halogens is 4. The minimum Gasteiger partial charge on any atom is -0.494 e. The Morgan fingerprint density at radius 1 is 0.667 bits per heavy atom. The van der Waals surface area contributed by atoms with Crippen molar-refractivity contribution in [2.24, 2.45) is 23.7 Å². The third kappa shape index (κ3) is 5.15. The van der Waals surface area contributed by atoms with Gasteiger partial charge in [0.25, 0.3) is 0 Å². The summed E-state index contributed by atoms with van der Waals surface area (Å²) in [4.78, 5) is 0. The lowest BCUT2D eigenvalue weighted by Crippen LogP contribution is -2.27. The molecule has 33 heavy (non-hydrogen) atoms. The number of methoxy groups -OCH3 is 1. The Labute approximate surface area is 193 Å². The molecule has 0 spiro atoms. The Kier molecular flexibility index (Phi) is 7.50. The van der Waals surface area contributed by atoms with Gasteiger partial charge in [0.05, 0.1) is 13.7 Å². The second-order valence-electron chi connectivity index (χ2n) is 9.79. The van der Waals surface area contributed by atoms with Crippen LogP contribution in [0.3, 0.4) is 0 Å². The SMILES string of the molecule is COc1ccc(-c2ccc(OCC3CCC(C4CCC(C)CC4)CC3)c(F)c2F)c(F)c1F. The van der Waals surface area contributed by atoms with Crippen molar-refractivity contribution in [3.8, 4) is 22.6 Å². The largest absolute Gasteiger partial charge is 0.494 e. The van der Waals surface area contributed by atoms with E-state index in [2.05, 4.69) is 6.92 Å². The minimum atomic E-state index is -1.29. The van der Waals surface area contributed by atoms with E-state index in [0.717, 1.165) is 30.6 Å². The molecule has 2 aromatic rings. The highest BCUT2D eigenvalue weighted by atomic mass is 19.2. The number of hydrogen-bond acceptors (Lipinski definition) is 2. The molecule has 180 valence electrons. The van der Waals surface area contributed by atoms with Crippen LogP contribution in [0.25, 0.3) is 11.1 Å². The summed E-state index contributed by atoms with van der Waals surface area (Å²) in [6, 6.07) is 4.85. The van der Waals surface area contributed by atoms with E-state index in [9.17, 15) is 17.6 Å². The molecule has 0 saturated heterocycles. The molecule has 2 aromatic carbocycles. The lowest BCUT2D eigenvalue weighted by Gasteiger charge is -2.37. The van der Waals surface area contributed by atoms with Crippen LogP contribution in [0.5, 0.6) is 11.5 Å². The van der Waals surface area contributed by atoms with Crippen molar-refractivity contribution in [3.63, 3.8) is 0 Å². The summed E-state index contributed by atoms with van der Waals surface area (Å²) in [5.74, 6) is -2.68. The summed E-state index contributed by atoms with van der Waals surface area (Å²) in [5, 5.41) is 0. The zero-order valence-corrected chi connectivity index (χ0v) is 19.3. The van der Waals surface area contributed by atoms with Crippen LogP contribution >= 0.6 is 0 Å². The molecule has 0 N–H and O–H groups in total. The maximum Gasteiger partial charge on any atom is 0.201 e. The molecule has 0 radical (unpaired) electrons. The first-order valence-electron chi connectivity index (χ1n) is 12.0. The third-order valence-electron chi connectivity index (χ3n) is 7.70. The van der Waals surface area contributed by atoms with Crippen molar-refractivity contribution < 1.29 is 27.0 Å². The first kappa shape index (κ1) is 23.9. The van der Waals surface area contributed by atoms with E-state index < -0.39 is 23.3 Å². The summed E-state index contributed by atoms with van der Waals surface area (Å²) in [6.07, 6.45) is 9.76. The predicted octanol–water partition coefficient (Wildman–Crippen LogP) is 7.93. The van der Waals surface area contributed by atoms with Gasteiger partial charge in [-0.2, -0.15) is 8.78 Å². The van der Waals surface area contributed by atoms with Crippen molar-refractivity contribution in [2.45, 2.75) is 58.3 Å². The van der Waals surface area contributed by atoms with Gasteiger partial charge in [-0.1, -0.05) is 19.8 Å². The van der Waals surface area contributed by atoms with E-state index in [1.807, 2.05) is 0 Å². The van der Waals surface area contributed by atoms with Crippen LogP contribution in [0.2, 0.25) is 0 Å². The van der Waals surface area contributed by atoms with E-state index in [1.165, 1.54) is 69.9 Å². The molecule has 0 aromatic heterocycles. The molecule has 2 nitrogen and oxygen atoms in total. The van der Waals surface area contributed by atoms with Gasteiger partial charge in [0.1, 0.15) is 0 Å². The maximum absolute atomic E-state index is 14.7. The molecule has 0 heterocycles. The highest BCUT2D eigenvalue weighted by Crippen LogP contribution is 2.41. The molecule has 2 aliphatic carbocycles. The Morgan fingerprint density at radius 3 is 1.70 bits per heavy atom. The summed E-state index contributed by atoms with van der Waals surface area (Å²) < 4.78 is 68.1. The van der Waals surface area contributed by atoms with Crippen molar-refractivity contribution in [2.75, 3.05) is 13.7 Å². The number of hydrogen-bond donors (Lipinski definition) is 0. The zero-order chi connectivity index (χ0) is 23.5. The third-order valence-corrected chi connectivity index (χ3v) is 7.70. The molecule has 0 aliphatic heterocycles. The smallest absolute Gasteiger partial charge is 0.201 e. The van der Waals surface area contributed by atoms with Gasteiger partial charge >= 0.3 is 0 Å². The molecular formula is C27H32F4O2. The standard InChI is InChI=1S/C27H32F4O2/c1-16-3-7-18(8-4-16)19-9-5-17(6-10-19)15-33-23-14-12-21(25(29)27(23)31)20-11-13-22(32-2)26(30)24(20)28/h11-14,16-19H,3-10,15H2,1-2H3. The van der Waals surface area contributed by atoms with Crippen LogP contribution in [-0.2, 0) is 0 Å². The topological polar surface area (TPSA) is 18.5 Å². The molecule has 0 atom stereocenters. The Bertz CT molecular complexity index is 961. The lowest BCUT2D eigenvalue weighted by atomic mass is 9.69. The van der Waals surface area contributed by atoms with Gasteiger partial charge in [0.2, 0.25) is 11.6 Å². The number of rotatable bonds is 6. The van der Waals surface area contributed by atoms with Gasteiger partial charge in [-0.3, -0.25) is 0 Å². The summed E-state index contributed by atoms with van der Waals surface area (Å²) in [7, 11) is 1.20. The van der Waals surface area contributed by atoms with Crippen LogP contribution in [0.15, 0.2) is 24.3 Å². The fourth-order valence-electron chi connectivity index (χ4n) is 5.54. The predicted molar refractivity (Wildman–Crippen MR) is 120 cm³/mol. The van der Waals surface area contributed by atoms with Crippen molar-refractivity contribution in [3.05, 3.63) is 47.5 Å². The average Bonchev–Trinajstić information content (AvgIpc) is 2.83. The number of ether oxygens (including phenoxy) is 2. The highest BCUT2D eigenvalue weighted by Gasteiger charge is 2.30. The van der Waals surface area contributed by atoms with Crippen LogP contribution in [0.1, 0.15) is 58.3 Å². The Hall–Kier alpha value is -2.24. The lowest BCUT2D eigenvalue weighted by molar-refractivity contribution is 0.124.